The van der Waals surface area contributed by atoms with Crippen molar-refractivity contribution in [3.05, 3.63) is 43.1 Å². The maximum Gasteiger partial charge on any atom is 0.262 e. The Labute approximate surface area is 170 Å². The van der Waals surface area contributed by atoms with Crippen molar-refractivity contribution in [3.8, 4) is 6.07 Å². The maximum absolute atomic E-state index is 12.8. The summed E-state index contributed by atoms with van der Waals surface area (Å²) in [5.41, 5.74) is 1.44. The van der Waals surface area contributed by atoms with Gasteiger partial charge in [-0.1, -0.05) is 6.92 Å². The van der Waals surface area contributed by atoms with Gasteiger partial charge in [0, 0.05) is 9.75 Å². The minimum Gasteiger partial charge on any atom is -0.315 e. The van der Waals surface area contributed by atoms with Gasteiger partial charge in [-0.25, -0.2) is 4.98 Å². The molecule has 8 heteroatoms. The molecular weight excluding hydrogens is 392 g/mol. The number of rotatable bonds is 3. The topological polar surface area (TPSA) is 87.8 Å². The van der Waals surface area contributed by atoms with E-state index in [1.54, 1.807) is 6.92 Å². The van der Waals surface area contributed by atoms with Crippen LogP contribution in [0.15, 0.2) is 10.9 Å². The molecule has 1 unspecified atom stereocenters. The molecule has 28 heavy (non-hydrogen) atoms. The van der Waals surface area contributed by atoms with Crippen molar-refractivity contribution in [2.75, 3.05) is 5.32 Å². The van der Waals surface area contributed by atoms with Crippen LogP contribution >= 0.6 is 22.7 Å². The number of nitrogens with zero attached hydrogens (tertiary/aromatic N) is 3. The molecule has 144 valence electrons. The van der Waals surface area contributed by atoms with Gasteiger partial charge in [0.15, 0.2) is 0 Å². The van der Waals surface area contributed by atoms with Gasteiger partial charge in [0.25, 0.3) is 5.56 Å². The first kappa shape index (κ1) is 18.8. The largest absolute Gasteiger partial charge is 0.315 e. The second kappa shape index (κ2) is 7.15. The van der Waals surface area contributed by atoms with E-state index in [1.807, 2.05) is 13.0 Å². The molecular formula is C20H20N4O2S2. The highest BCUT2D eigenvalue weighted by atomic mass is 32.1. The molecule has 0 saturated carbocycles. The van der Waals surface area contributed by atoms with E-state index >= 15 is 0 Å². The highest BCUT2D eigenvalue weighted by Gasteiger charge is 2.25. The lowest BCUT2D eigenvalue weighted by Crippen LogP contribution is -2.29. The van der Waals surface area contributed by atoms with Gasteiger partial charge in [0.1, 0.15) is 28.3 Å². The van der Waals surface area contributed by atoms with Crippen LogP contribution < -0.4 is 10.9 Å². The van der Waals surface area contributed by atoms with Crippen LogP contribution in [0.3, 0.4) is 0 Å². The minimum atomic E-state index is -0.318. The van der Waals surface area contributed by atoms with Crippen molar-refractivity contribution >= 4 is 43.8 Å². The van der Waals surface area contributed by atoms with Crippen LogP contribution in [-0.4, -0.2) is 15.5 Å². The third-order valence-corrected chi connectivity index (χ3v) is 7.26. The molecule has 3 heterocycles. The number of thiophene rings is 2. The molecule has 1 atom stereocenters. The second-order valence-electron chi connectivity index (χ2n) is 7.34. The fraction of sp³-hybridized carbons (Fsp3) is 0.400. The van der Waals surface area contributed by atoms with E-state index in [4.69, 9.17) is 0 Å². The van der Waals surface area contributed by atoms with Gasteiger partial charge in [-0.05, 0) is 50.7 Å². The molecule has 6 nitrogen and oxygen atoms in total. The van der Waals surface area contributed by atoms with Crippen molar-refractivity contribution in [2.24, 2.45) is 5.92 Å². The molecule has 0 aromatic carbocycles. The Balaban J connectivity index is 1.62. The number of aromatic nitrogens is 2. The summed E-state index contributed by atoms with van der Waals surface area (Å²) in [6.07, 6.45) is 2.88. The van der Waals surface area contributed by atoms with Gasteiger partial charge in [-0.15, -0.1) is 22.7 Å². The van der Waals surface area contributed by atoms with Crippen LogP contribution in [-0.2, 0) is 24.2 Å². The normalized spacial score (nSPS) is 16.0. The fourth-order valence-electron chi connectivity index (χ4n) is 3.69. The zero-order valence-electron chi connectivity index (χ0n) is 16.0. The monoisotopic (exact) mass is 412 g/mol. The second-order valence-corrected chi connectivity index (χ2v) is 9.68. The number of aryl methyl sites for hydroxylation is 2. The van der Waals surface area contributed by atoms with E-state index in [9.17, 15) is 14.9 Å². The lowest BCUT2D eigenvalue weighted by atomic mass is 9.89. The molecule has 1 aliphatic rings. The third-order valence-electron chi connectivity index (χ3n) is 5.14. The summed E-state index contributed by atoms with van der Waals surface area (Å²) in [4.78, 5) is 32.8. The molecule has 4 rings (SSSR count). The number of anilines is 1. The maximum atomic E-state index is 12.8. The summed E-state index contributed by atoms with van der Waals surface area (Å²) < 4.78 is 1.39. The molecule has 0 saturated heterocycles. The van der Waals surface area contributed by atoms with Gasteiger partial charge in [-0.2, -0.15) is 5.26 Å². The van der Waals surface area contributed by atoms with E-state index in [0.717, 1.165) is 29.7 Å². The molecule has 1 aliphatic carbocycles. The first-order chi connectivity index (χ1) is 13.4. The van der Waals surface area contributed by atoms with Crippen LogP contribution in [0.2, 0.25) is 0 Å². The molecule has 0 fully saturated rings. The zero-order chi connectivity index (χ0) is 20.0. The summed E-state index contributed by atoms with van der Waals surface area (Å²) in [5, 5.41) is 13.6. The molecule has 3 aromatic heterocycles. The smallest absolute Gasteiger partial charge is 0.262 e. The van der Waals surface area contributed by atoms with Gasteiger partial charge in [0.2, 0.25) is 5.91 Å². The quantitative estimate of drug-likeness (QED) is 0.709. The molecule has 1 N–H and O–H groups in total. The third kappa shape index (κ3) is 3.25. The predicted molar refractivity (Wildman–Crippen MR) is 112 cm³/mol. The predicted octanol–water partition coefficient (Wildman–Crippen LogP) is 3.77. The van der Waals surface area contributed by atoms with Crippen molar-refractivity contribution in [2.45, 2.75) is 46.6 Å². The number of hydrogen-bond acceptors (Lipinski definition) is 6. The summed E-state index contributed by atoms with van der Waals surface area (Å²) in [5.74, 6) is 0.782. The number of amides is 1. The molecule has 0 radical (unpaired) electrons. The molecule has 3 aromatic rings. The van der Waals surface area contributed by atoms with E-state index in [0.29, 0.717) is 32.5 Å². The SMILES string of the molecule is Cc1cc2c(=O)n(CC(=O)Nc3sc4c(c3C#N)CCC(C)C4)c(C)nc2s1. The zero-order valence-corrected chi connectivity index (χ0v) is 17.6. The highest BCUT2D eigenvalue weighted by molar-refractivity contribution is 7.18. The Morgan fingerprint density at radius 3 is 2.96 bits per heavy atom. The van der Waals surface area contributed by atoms with Crippen LogP contribution in [0, 0.1) is 31.1 Å². The van der Waals surface area contributed by atoms with Gasteiger partial charge in [-0.3, -0.25) is 14.2 Å². The average Bonchev–Trinajstić information content (AvgIpc) is 3.17. The lowest BCUT2D eigenvalue weighted by Gasteiger charge is -2.17. The number of carbonyl (C=O) groups excluding carboxylic acids is 1. The van der Waals surface area contributed by atoms with Gasteiger partial charge < -0.3 is 5.32 Å². The Morgan fingerprint density at radius 1 is 1.43 bits per heavy atom. The van der Waals surface area contributed by atoms with E-state index < -0.39 is 0 Å². The summed E-state index contributed by atoms with van der Waals surface area (Å²) >= 11 is 2.96. The van der Waals surface area contributed by atoms with Crippen molar-refractivity contribution in [1.29, 1.82) is 5.26 Å². The summed E-state index contributed by atoms with van der Waals surface area (Å²) in [7, 11) is 0. The van der Waals surface area contributed by atoms with Crippen LogP contribution in [0.25, 0.3) is 10.2 Å². The summed E-state index contributed by atoms with van der Waals surface area (Å²) in [6.45, 7) is 5.75. The number of hydrogen-bond donors (Lipinski definition) is 1. The molecule has 0 aliphatic heterocycles. The van der Waals surface area contributed by atoms with Crippen LogP contribution in [0.5, 0.6) is 0 Å². The Bertz CT molecular complexity index is 1200. The Morgan fingerprint density at radius 2 is 2.21 bits per heavy atom. The van der Waals surface area contributed by atoms with Crippen LogP contribution in [0.4, 0.5) is 5.00 Å². The van der Waals surface area contributed by atoms with Gasteiger partial charge in [0.05, 0.1) is 10.9 Å². The Hall–Kier alpha value is -2.50. The molecule has 0 spiro atoms. The Kier molecular flexibility index (Phi) is 4.81. The first-order valence-corrected chi connectivity index (χ1v) is 10.8. The fourth-order valence-corrected chi connectivity index (χ4v) is 5.98. The van der Waals surface area contributed by atoms with Gasteiger partial charge >= 0.3 is 0 Å². The van der Waals surface area contributed by atoms with Crippen LogP contribution in [0.1, 0.15) is 40.1 Å². The van der Waals surface area contributed by atoms with E-state index in [1.165, 1.54) is 32.1 Å². The minimum absolute atomic E-state index is 0.119. The number of carbonyl (C=O) groups is 1. The number of fused-ring (bicyclic) bond motifs is 2. The van der Waals surface area contributed by atoms with Crippen molar-refractivity contribution in [1.82, 2.24) is 9.55 Å². The first-order valence-electron chi connectivity index (χ1n) is 9.19. The van der Waals surface area contributed by atoms with Crippen molar-refractivity contribution < 1.29 is 4.79 Å². The summed E-state index contributed by atoms with van der Waals surface area (Å²) in [6, 6.07) is 4.06. The standard InChI is InChI=1S/C20H20N4O2S2/c1-10-4-5-13-15(8-21)19(28-16(13)6-10)23-17(25)9-24-12(3)22-18-14(20(24)26)7-11(2)27-18/h7,10H,4-6,9H2,1-3H3,(H,23,25). The highest BCUT2D eigenvalue weighted by Crippen LogP contribution is 2.39. The molecule has 1 amide bonds. The molecule has 0 bridgehead atoms. The number of nitrogens with one attached hydrogen (secondary N) is 1. The van der Waals surface area contributed by atoms with E-state index in [2.05, 4.69) is 23.3 Å². The average molecular weight is 413 g/mol. The van der Waals surface area contributed by atoms with Crippen molar-refractivity contribution in [3.63, 3.8) is 0 Å². The lowest BCUT2D eigenvalue weighted by molar-refractivity contribution is -0.116. The number of nitriles is 1. The van der Waals surface area contributed by atoms with E-state index in [-0.39, 0.29) is 18.0 Å².